The highest BCUT2D eigenvalue weighted by Gasteiger charge is 2.09. The van der Waals surface area contributed by atoms with Gasteiger partial charge in [0.25, 0.3) is 5.91 Å². The predicted molar refractivity (Wildman–Crippen MR) is 75.6 cm³/mol. The number of carboxylic acid groups (broad SMARTS) is 1. The highest BCUT2D eigenvalue weighted by Crippen LogP contribution is 2.24. The summed E-state index contributed by atoms with van der Waals surface area (Å²) in [6, 6.07) is 9.75. The fourth-order valence-corrected chi connectivity index (χ4v) is 2.76. The molecule has 2 N–H and O–H groups in total. The third-order valence-corrected chi connectivity index (χ3v) is 3.87. The number of thiophene rings is 1. The minimum absolute atomic E-state index is 0.0866. The van der Waals surface area contributed by atoms with Crippen LogP contribution in [0.15, 0.2) is 30.3 Å². The lowest BCUT2D eigenvalue weighted by atomic mass is 10.2. The minimum atomic E-state index is -0.796. The smallest absolute Gasteiger partial charge is 0.303 e. The van der Waals surface area contributed by atoms with Gasteiger partial charge < -0.3 is 10.4 Å². The lowest BCUT2D eigenvalue weighted by molar-refractivity contribution is -0.137. The maximum absolute atomic E-state index is 11.9. The van der Waals surface area contributed by atoms with Crippen LogP contribution in [0.25, 0.3) is 10.1 Å². The molecule has 1 heterocycles. The number of aliphatic carboxylic acids is 1. The molecule has 0 atom stereocenters. The Kier molecular flexibility index (Phi) is 4.52. The van der Waals surface area contributed by atoms with Gasteiger partial charge in [-0.25, -0.2) is 0 Å². The van der Waals surface area contributed by atoms with Gasteiger partial charge in [-0.15, -0.1) is 11.3 Å². The van der Waals surface area contributed by atoms with E-state index in [0.717, 1.165) is 10.1 Å². The van der Waals surface area contributed by atoms with Crippen molar-refractivity contribution in [1.29, 1.82) is 0 Å². The summed E-state index contributed by atoms with van der Waals surface area (Å²) in [4.78, 5) is 22.9. The Labute approximate surface area is 115 Å². The summed E-state index contributed by atoms with van der Waals surface area (Å²) >= 11 is 1.47. The Morgan fingerprint density at radius 2 is 2.00 bits per heavy atom. The fraction of sp³-hybridized carbons (Fsp3) is 0.286. The maximum Gasteiger partial charge on any atom is 0.303 e. The van der Waals surface area contributed by atoms with Crippen LogP contribution in [-0.2, 0) is 4.79 Å². The Morgan fingerprint density at radius 1 is 1.21 bits per heavy atom. The van der Waals surface area contributed by atoms with Crippen LogP contribution in [0.4, 0.5) is 0 Å². The lowest BCUT2D eigenvalue weighted by Crippen LogP contribution is -2.23. The first-order valence-corrected chi connectivity index (χ1v) is 6.97. The number of benzene rings is 1. The van der Waals surface area contributed by atoms with Gasteiger partial charge in [-0.2, -0.15) is 0 Å². The SMILES string of the molecule is O=C(O)CCCCNC(=O)c1cc2ccccc2s1. The molecule has 0 saturated heterocycles. The molecule has 0 aliphatic heterocycles. The Morgan fingerprint density at radius 3 is 2.74 bits per heavy atom. The molecular formula is C14H15NO3S. The number of hydrogen-bond donors (Lipinski definition) is 2. The zero-order chi connectivity index (χ0) is 13.7. The van der Waals surface area contributed by atoms with Gasteiger partial charge >= 0.3 is 5.97 Å². The Bertz CT molecular complexity index is 558. The zero-order valence-electron chi connectivity index (χ0n) is 10.4. The first-order valence-electron chi connectivity index (χ1n) is 6.15. The first kappa shape index (κ1) is 13.5. The van der Waals surface area contributed by atoms with Gasteiger partial charge in [0.15, 0.2) is 0 Å². The molecule has 0 aliphatic carbocycles. The summed E-state index contributed by atoms with van der Waals surface area (Å²) in [5.41, 5.74) is 0. The van der Waals surface area contributed by atoms with Crippen LogP contribution in [0.3, 0.4) is 0 Å². The first-order chi connectivity index (χ1) is 9.16. The summed E-state index contributed by atoms with van der Waals surface area (Å²) in [6.45, 7) is 0.514. The van der Waals surface area contributed by atoms with E-state index in [2.05, 4.69) is 5.32 Å². The number of unbranched alkanes of at least 4 members (excludes halogenated alkanes) is 1. The second-order valence-corrected chi connectivity index (χ2v) is 5.34. The summed E-state index contributed by atoms with van der Waals surface area (Å²) in [5, 5.41) is 12.4. The summed E-state index contributed by atoms with van der Waals surface area (Å²) < 4.78 is 1.10. The van der Waals surface area contributed by atoms with Crippen LogP contribution >= 0.6 is 11.3 Å². The molecule has 0 bridgehead atoms. The monoisotopic (exact) mass is 277 g/mol. The van der Waals surface area contributed by atoms with Crippen molar-refractivity contribution in [2.24, 2.45) is 0 Å². The number of carbonyl (C=O) groups is 2. The number of rotatable bonds is 6. The molecule has 0 fully saturated rings. The molecule has 4 nitrogen and oxygen atoms in total. The van der Waals surface area contributed by atoms with Crippen molar-refractivity contribution < 1.29 is 14.7 Å². The molecule has 1 aromatic carbocycles. The Hall–Kier alpha value is -1.88. The molecule has 0 spiro atoms. The lowest BCUT2D eigenvalue weighted by Gasteiger charge is -2.02. The van der Waals surface area contributed by atoms with Gasteiger partial charge in [0.05, 0.1) is 4.88 Å². The molecule has 1 amide bonds. The Balaban J connectivity index is 1.84. The van der Waals surface area contributed by atoms with E-state index >= 15 is 0 Å². The number of fused-ring (bicyclic) bond motifs is 1. The molecule has 5 heteroatoms. The molecular weight excluding hydrogens is 262 g/mol. The van der Waals surface area contributed by atoms with Gasteiger partial charge in [-0.3, -0.25) is 9.59 Å². The average molecular weight is 277 g/mol. The van der Waals surface area contributed by atoms with Crippen molar-refractivity contribution in [3.8, 4) is 0 Å². The van der Waals surface area contributed by atoms with Gasteiger partial charge in [0.1, 0.15) is 0 Å². The van der Waals surface area contributed by atoms with Crippen LogP contribution < -0.4 is 5.32 Å². The van der Waals surface area contributed by atoms with Gasteiger partial charge in [-0.1, -0.05) is 18.2 Å². The molecule has 2 aromatic rings. The van der Waals surface area contributed by atoms with E-state index in [4.69, 9.17) is 5.11 Å². The summed E-state index contributed by atoms with van der Waals surface area (Å²) in [6.07, 6.45) is 1.42. The third kappa shape index (κ3) is 3.79. The highest BCUT2D eigenvalue weighted by molar-refractivity contribution is 7.20. The van der Waals surface area contributed by atoms with Crippen molar-refractivity contribution in [3.05, 3.63) is 35.2 Å². The van der Waals surface area contributed by atoms with E-state index in [1.54, 1.807) is 0 Å². The normalized spacial score (nSPS) is 10.5. The molecule has 19 heavy (non-hydrogen) atoms. The molecule has 0 aliphatic rings. The minimum Gasteiger partial charge on any atom is -0.481 e. The summed E-state index contributed by atoms with van der Waals surface area (Å²) in [5.74, 6) is -0.882. The standard InChI is InChI=1S/C14H15NO3S/c16-13(17)7-3-4-8-15-14(18)12-9-10-5-1-2-6-11(10)19-12/h1-2,5-6,9H,3-4,7-8H2,(H,15,18)(H,16,17). The van der Waals surface area contributed by atoms with Crippen molar-refractivity contribution in [2.45, 2.75) is 19.3 Å². The number of hydrogen-bond acceptors (Lipinski definition) is 3. The van der Waals surface area contributed by atoms with Crippen LogP contribution in [0.1, 0.15) is 28.9 Å². The van der Waals surface area contributed by atoms with Gasteiger partial charge in [-0.05, 0) is 30.4 Å². The number of carbonyl (C=O) groups excluding carboxylic acids is 1. The van der Waals surface area contributed by atoms with Crippen LogP contribution in [0, 0.1) is 0 Å². The van der Waals surface area contributed by atoms with E-state index in [-0.39, 0.29) is 12.3 Å². The van der Waals surface area contributed by atoms with Crippen molar-refractivity contribution in [1.82, 2.24) is 5.32 Å². The van der Waals surface area contributed by atoms with Crippen molar-refractivity contribution >= 4 is 33.3 Å². The van der Waals surface area contributed by atoms with Gasteiger partial charge in [0, 0.05) is 17.7 Å². The third-order valence-electron chi connectivity index (χ3n) is 2.75. The predicted octanol–water partition coefficient (Wildman–Crippen LogP) is 2.89. The van der Waals surface area contributed by atoms with E-state index in [1.165, 1.54) is 11.3 Å². The maximum atomic E-state index is 11.9. The van der Waals surface area contributed by atoms with Crippen molar-refractivity contribution in [2.75, 3.05) is 6.54 Å². The fourth-order valence-electron chi connectivity index (χ4n) is 1.78. The highest BCUT2D eigenvalue weighted by atomic mass is 32.1. The van der Waals surface area contributed by atoms with E-state index in [0.29, 0.717) is 24.3 Å². The van der Waals surface area contributed by atoms with E-state index in [9.17, 15) is 9.59 Å². The zero-order valence-corrected chi connectivity index (χ0v) is 11.2. The van der Waals surface area contributed by atoms with Crippen LogP contribution in [-0.4, -0.2) is 23.5 Å². The quantitative estimate of drug-likeness (QED) is 0.798. The average Bonchev–Trinajstić information content (AvgIpc) is 2.81. The molecule has 1 aromatic heterocycles. The van der Waals surface area contributed by atoms with Crippen LogP contribution in [0.2, 0.25) is 0 Å². The second kappa shape index (κ2) is 6.33. The van der Waals surface area contributed by atoms with E-state index in [1.807, 2.05) is 30.3 Å². The number of nitrogens with one attached hydrogen (secondary N) is 1. The molecule has 0 saturated carbocycles. The largest absolute Gasteiger partial charge is 0.481 e. The molecule has 100 valence electrons. The second-order valence-electron chi connectivity index (χ2n) is 4.26. The summed E-state index contributed by atoms with van der Waals surface area (Å²) in [7, 11) is 0. The topological polar surface area (TPSA) is 66.4 Å². The van der Waals surface area contributed by atoms with Gasteiger partial charge in [0.2, 0.25) is 0 Å². The van der Waals surface area contributed by atoms with Crippen molar-refractivity contribution in [3.63, 3.8) is 0 Å². The van der Waals surface area contributed by atoms with E-state index < -0.39 is 5.97 Å². The molecule has 0 radical (unpaired) electrons. The molecule has 2 rings (SSSR count). The van der Waals surface area contributed by atoms with Crippen LogP contribution in [0.5, 0.6) is 0 Å². The number of amides is 1. The molecule has 0 unspecified atom stereocenters. The number of carboxylic acids is 1.